The number of carbonyl (C=O) groups excluding carboxylic acids is 4. The number of esters is 2. The van der Waals surface area contributed by atoms with E-state index in [1.807, 2.05) is 44.2 Å². The van der Waals surface area contributed by atoms with Crippen molar-refractivity contribution in [3.63, 3.8) is 0 Å². The van der Waals surface area contributed by atoms with E-state index >= 15 is 0 Å². The summed E-state index contributed by atoms with van der Waals surface area (Å²) in [4.78, 5) is 54.8. The van der Waals surface area contributed by atoms with Crippen LogP contribution in [0.2, 0.25) is 16.6 Å². The molecule has 11 nitrogen and oxygen atoms in total. The van der Waals surface area contributed by atoms with Gasteiger partial charge in [0.15, 0.2) is 6.79 Å². The highest BCUT2D eigenvalue weighted by atomic mass is 127. The molecule has 0 heterocycles. The van der Waals surface area contributed by atoms with Crippen LogP contribution in [0.25, 0.3) is 0 Å². The van der Waals surface area contributed by atoms with Crippen molar-refractivity contribution in [2.75, 3.05) is 26.9 Å². The van der Waals surface area contributed by atoms with E-state index in [0.29, 0.717) is 46.0 Å². The summed E-state index contributed by atoms with van der Waals surface area (Å²) in [6.45, 7) is 32.6. The standard InChI is InChI=1S/C50H79IN2O9Si/c1-17-36(10)25-37(11)26-38(12)45(58-31-59-47(55)39-21-19-18-20-22-39)28-44(32(2)3)60-48(56)41(30-53(16)46(54)29-52-49(57)61-50(13,14)15)40-23-24-43(42(51)27-40)62-63(33(4)5,34(6)7)35(8)9/h17-24,27,32-38,41,44-45H,1,25-26,28-31H2,2-16H3,(H,52,57)/t36-,37-,38-,41+,44+,45+/m1/s1. The highest BCUT2D eigenvalue weighted by Crippen LogP contribution is 2.44. The molecule has 0 unspecified atom stereocenters. The lowest BCUT2D eigenvalue weighted by Gasteiger charge is -2.42. The van der Waals surface area contributed by atoms with Crippen LogP contribution in [0.1, 0.15) is 138 Å². The number of hydrogen-bond donors (Lipinski definition) is 1. The molecule has 0 radical (unpaired) electrons. The van der Waals surface area contributed by atoms with E-state index in [1.54, 1.807) is 52.1 Å². The van der Waals surface area contributed by atoms with Crippen molar-refractivity contribution < 1.29 is 42.6 Å². The number of alkyl carbamates (subject to hydrolysis) is 1. The maximum atomic E-state index is 14.7. The van der Waals surface area contributed by atoms with E-state index in [4.69, 9.17) is 23.4 Å². The summed E-state index contributed by atoms with van der Waals surface area (Å²) in [5, 5.41) is 2.53. The zero-order valence-corrected chi connectivity index (χ0v) is 44.1. The van der Waals surface area contributed by atoms with Gasteiger partial charge in [0.05, 0.1) is 21.2 Å². The fourth-order valence-electron chi connectivity index (χ4n) is 8.48. The van der Waals surface area contributed by atoms with Crippen LogP contribution in [0.4, 0.5) is 4.79 Å². The Hall–Kier alpha value is -3.43. The number of hydrogen-bond acceptors (Lipinski definition) is 9. The maximum Gasteiger partial charge on any atom is 0.408 e. The van der Waals surface area contributed by atoms with Gasteiger partial charge < -0.3 is 33.6 Å². The fourth-order valence-corrected chi connectivity index (χ4v) is 14.6. The molecular weight excluding hydrogens is 928 g/mol. The first-order chi connectivity index (χ1) is 29.3. The van der Waals surface area contributed by atoms with Crippen molar-refractivity contribution >= 4 is 54.8 Å². The van der Waals surface area contributed by atoms with Crippen LogP contribution in [0, 0.1) is 27.2 Å². The van der Waals surface area contributed by atoms with Gasteiger partial charge in [0.1, 0.15) is 24.0 Å². The molecule has 6 atom stereocenters. The molecule has 0 aliphatic rings. The predicted octanol–water partition coefficient (Wildman–Crippen LogP) is 11.9. The number of likely N-dealkylation sites (N-methyl/N-ethyl adjacent to an activating group) is 1. The Labute approximate surface area is 394 Å². The zero-order chi connectivity index (χ0) is 47.8. The molecule has 2 rings (SSSR count). The van der Waals surface area contributed by atoms with Gasteiger partial charge in [-0.2, -0.15) is 0 Å². The molecule has 0 spiro atoms. The summed E-state index contributed by atoms with van der Waals surface area (Å²) in [5.41, 5.74) is 1.46. The zero-order valence-electron chi connectivity index (χ0n) is 40.9. The molecule has 0 saturated carbocycles. The normalized spacial score (nSPS) is 15.0. The Bertz CT molecular complexity index is 1740. The minimum absolute atomic E-state index is 0.0117. The summed E-state index contributed by atoms with van der Waals surface area (Å²) >= 11 is 2.28. The average molecular weight is 1010 g/mol. The molecule has 2 aromatic rings. The Morgan fingerprint density at radius 3 is 1.97 bits per heavy atom. The Kier molecular flexibility index (Phi) is 22.9. The number of rotatable bonds is 25. The maximum absolute atomic E-state index is 14.7. The van der Waals surface area contributed by atoms with Crippen molar-refractivity contribution in [1.29, 1.82) is 0 Å². The number of carbonyl (C=O) groups is 4. The van der Waals surface area contributed by atoms with Gasteiger partial charge in [0, 0.05) is 20.0 Å². The van der Waals surface area contributed by atoms with Crippen molar-refractivity contribution in [3.05, 3.63) is 75.9 Å². The van der Waals surface area contributed by atoms with E-state index in [1.165, 1.54) is 4.90 Å². The molecule has 354 valence electrons. The molecule has 1 N–H and O–H groups in total. The largest absolute Gasteiger partial charge is 0.542 e. The highest BCUT2D eigenvalue weighted by Gasteiger charge is 2.47. The molecular formula is C50H79IN2O9Si. The highest BCUT2D eigenvalue weighted by molar-refractivity contribution is 14.1. The van der Waals surface area contributed by atoms with Crippen LogP contribution in [0.5, 0.6) is 5.75 Å². The summed E-state index contributed by atoms with van der Waals surface area (Å²) < 4.78 is 31.7. The van der Waals surface area contributed by atoms with Gasteiger partial charge in [-0.25, -0.2) is 9.59 Å². The lowest BCUT2D eigenvalue weighted by Crippen LogP contribution is -2.50. The summed E-state index contributed by atoms with van der Waals surface area (Å²) in [6.07, 6.45) is 2.42. The first kappa shape index (κ1) is 55.7. The Morgan fingerprint density at radius 2 is 1.44 bits per heavy atom. The van der Waals surface area contributed by atoms with Gasteiger partial charge >= 0.3 is 18.0 Å². The van der Waals surface area contributed by atoms with Crippen LogP contribution in [0.15, 0.2) is 61.2 Å². The molecule has 63 heavy (non-hydrogen) atoms. The number of benzene rings is 2. The van der Waals surface area contributed by atoms with E-state index in [9.17, 15) is 19.2 Å². The second kappa shape index (κ2) is 25.9. The van der Waals surface area contributed by atoms with Crippen LogP contribution >= 0.6 is 22.6 Å². The van der Waals surface area contributed by atoms with Crippen molar-refractivity contribution in [2.45, 2.75) is 157 Å². The van der Waals surface area contributed by atoms with Crippen LogP contribution in [-0.2, 0) is 28.5 Å². The summed E-state index contributed by atoms with van der Waals surface area (Å²) in [6, 6.07) is 14.6. The third-order valence-corrected chi connectivity index (χ3v) is 18.7. The smallest absolute Gasteiger partial charge is 0.408 e. The fraction of sp³-hybridized carbons (Fsp3) is 0.640. The Morgan fingerprint density at radius 1 is 0.841 bits per heavy atom. The lowest BCUT2D eigenvalue weighted by molar-refractivity contribution is -0.159. The monoisotopic (exact) mass is 1010 g/mol. The number of nitrogens with one attached hydrogen (secondary N) is 1. The number of allylic oxidation sites excluding steroid dienone is 1. The average Bonchev–Trinajstić information content (AvgIpc) is 3.19. The SMILES string of the molecule is C=C[C@@H](C)C[C@@H](C)C[C@@H](C)[C@H](C[C@H](OC(=O)[C@@H](CN(C)C(=O)CNC(=O)OC(C)(C)C)c1ccc(O[Si](C(C)C)(C(C)C)C(C)C)c(I)c1)C(C)C)OCOC(=O)c1ccccc1. The molecule has 2 amide bonds. The first-order valence-electron chi connectivity index (χ1n) is 22.7. The number of nitrogens with zero attached hydrogens (tertiary/aromatic N) is 1. The van der Waals surface area contributed by atoms with E-state index < -0.39 is 56.0 Å². The predicted molar refractivity (Wildman–Crippen MR) is 263 cm³/mol. The Balaban J connectivity index is 2.51. The van der Waals surface area contributed by atoms with Crippen LogP contribution in [0.3, 0.4) is 0 Å². The second-order valence-electron chi connectivity index (χ2n) is 19.6. The summed E-state index contributed by atoms with van der Waals surface area (Å²) in [5.74, 6) is -0.852. The van der Waals surface area contributed by atoms with Gasteiger partial charge in [-0.1, -0.05) is 107 Å². The van der Waals surface area contributed by atoms with E-state index in [-0.39, 0.29) is 31.7 Å². The quantitative estimate of drug-likeness (QED) is 0.0258. The van der Waals surface area contributed by atoms with E-state index in [2.05, 4.69) is 96.8 Å². The van der Waals surface area contributed by atoms with Crippen molar-refractivity contribution in [1.82, 2.24) is 10.2 Å². The van der Waals surface area contributed by atoms with Gasteiger partial charge in [0.2, 0.25) is 5.91 Å². The molecule has 0 aromatic heterocycles. The van der Waals surface area contributed by atoms with Crippen LogP contribution < -0.4 is 9.74 Å². The minimum Gasteiger partial charge on any atom is -0.542 e. The summed E-state index contributed by atoms with van der Waals surface area (Å²) in [7, 11) is -0.689. The molecule has 2 aromatic carbocycles. The van der Waals surface area contributed by atoms with Crippen molar-refractivity contribution in [2.24, 2.45) is 23.7 Å². The topological polar surface area (TPSA) is 130 Å². The molecule has 0 bridgehead atoms. The van der Waals surface area contributed by atoms with Crippen molar-refractivity contribution in [3.8, 4) is 5.75 Å². The number of ether oxygens (including phenoxy) is 4. The van der Waals surface area contributed by atoms with Gasteiger partial charge in [-0.3, -0.25) is 9.59 Å². The molecule has 0 aliphatic heterocycles. The third kappa shape index (κ3) is 17.8. The van der Waals surface area contributed by atoms with Gasteiger partial charge in [-0.05, 0) is 126 Å². The van der Waals surface area contributed by atoms with Gasteiger partial charge in [0.25, 0.3) is 8.32 Å². The molecule has 0 fully saturated rings. The molecule has 0 aliphatic carbocycles. The first-order valence-corrected chi connectivity index (χ1v) is 25.9. The number of halogens is 1. The van der Waals surface area contributed by atoms with Crippen LogP contribution in [-0.4, -0.2) is 81.9 Å². The number of amides is 2. The lowest BCUT2D eigenvalue weighted by atomic mass is 9.84. The third-order valence-electron chi connectivity index (χ3n) is 11.8. The van der Waals surface area contributed by atoms with E-state index in [0.717, 1.165) is 22.2 Å². The minimum atomic E-state index is -2.29. The van der Waals surface area contributed by atoms with Gasteiger partial charge in [-0.15, -0.1) is 6.58 Å². The second-order valence-corrected chi connectivity index (χ2v) is 26.2. The molecule has 13 heteroatoms. The molecule has 0 saturated heterocycles.